The van der Waals surface area contributed by atoms with E-state index in [0.717, 1.165) is 35.6 Å². The Balaban J connectivity index is 1.15. The second-order valence-electron chi connectivity index (χ2n) is 7.79. The highest BCUT2D eigenvalue weighted by Crippen LogP contribution is 2.26. The van der Waals surface area contributed by atoms with Gasteiger partial charge in [-0.15, -0.1) is 0 Å². The topological polar surface area (TPSA) is 83.7 Å². The van der Waals surface area contributed by atoms with E-state index < -0.39 is 0 Å². The van der Waals surface area contributed by atoms with E-state index >= 15 is 0 Å². The monoisotopic (exact) mass is 507 g/mol. The van der Waals surface area contributed by atoms with E-state index in [4.69, 9.17) is 9.26 Å². The molecule has 1 aliphatic rings. The van der Waals surface area contributed by atoms with Crippen molar-refractivity contribution in [2.45, 2.75) is 6.54 Å². The van der Waals surface area contributed by atoms with E-state index in [0.29, 0.717) is 30.0 Å². The van der Waals surface area contributed by atoms with Crippen LogP contribution in [0.2, 0.25) is 0 Å². The minimum Gasteiger partial charge on any atom is -0.457 e. The molecule has 0 spiro atoms. The fraction of sp³-hybridized carbons (Fsp3) is 0.208. The quantitative estimate of drug-likeness (QED) is 0.403. The van der Waals surface area contributed by atoms with E-state index in [2.05, 4.69) is 48.4 Å². The lowest BCUT2D eigenvalue weighted by Crippen LogP contribution is -2.49. The Hall–Kier alpha value is -3.43. The summed E-state index contributed by atoms with van der Waals surface area (Å²) < 4.78 is 12.1. The van der Waals surface area contributed by atoms with Crippen LogP contribution in [0.25, 0.3) is 11.1 Å². The molecular formula is C24H22BrN5O3. The number of piperazine rings is 1. The zero-order valence-corrected chi connectivity index (χ0v) is 19.4. The molecule has 0 saturated carbocycles. The van der Waals surface area contributed by atoms with Crippen molar-refractivity contribution in [2.24, 2.45) is 0 Å². The SMILES string of the molecule is O=C(Nc1noc2ncccc12)N1CCN(Cc2cccc(Oc3cccc(Br)c3)c2)CC1. The van der Waals surface area contributed by atoms with Crippen molar-refractivity contribution in [3.63, 3.8) is 0 Å². The molecule has 1 fully saturated rings. The van der Waals surface area contributed by atoms with Crippen LogP contribution in [-0.2, 0) is 6.54 Å². The summed E-state index contributed by atoms with van der Waals surface area (Å²) >= 11 is 3.47. The number of hydrogen-bond donors (Lipinski definition) is 1. The van der Waals surface area contributed by atoms with Crippen LogP contribution < -0.4 is 10.1 Å². The van der Waals surface area contributed by atoms with Crippen LogP contribution in [0.5, 0.6) is 11.5 Å². The van der Waals surface area contributed by atoms with Gasteiger partial charge in [-0.05, 0) is 48.0 Å². The molecule has 1 saturated heterocycles. The van der Waals surface area contributed by atoms with Gasteiger partial charge in [0.2, 0.25) is 0 Å². The average Bonchev–Trinajstić information content (AvgIpc) is 3.23. The van der Waals surface area contributed by atoms with E-state index in [-0.39, 0.29) is 6.03 Å². The number of ether oxygens (including phenoxy) is 1. The van der Waals surface area contributed by atoms with Crippen LogP contribution in [-0.4, -0.2) is 52.2 Å². The van der Waals surface area contributed by atoms with Gasteiger partial charge in [-0.3, -0.25) is 10.2 Å². The third kappa shape index (κ3) is 5.15. The third-order valence-corrected chi connectivity index (χ3v) is 5.96. The van der Waals surface area contributed by atoms with Crippen LogP contribution in [0.15, 0.2) is 75.9 Å². The molecule has 4 aromatic rings. The first kappa shape index (κ1) is 21.4. The van der Waals surface area contributed by atoms with Crippen molar-refractivity contribution in [1.82, 2.24) is 19.9 Å². The molecule has 8 nitrogen and oxygen atoms in total. The van der Waals surface area contributed by atoms with Crippen LogP contribution in [0.4, 0.5) is 10.6 Å². The minimum absolute atomic E-state index is 0.182. The Morgan fingerprint density at radius 3 is 2.64 bits per heavy atom. The molecule has 1 N–H and O–H groups in total. The van der Waals surface area contributed by atoms with Gasteiger partial charge >= 0.3 is 6.03 Å². The molecule has 2 aromatic heterocycles. The number of anilines is 1. The number of nitrogens with one attached hydrogen (secondary N) is 1. The van der Waals surface area contributed by atoms with Gasteiger partial charge in [0.25, 0.3) is 5.71 Å². The largest absolute Gasteiger partial charge is 0.457 e. The first-order chi connectivity index (χ1) is 16.1. The maximum absolute atomic E-state index is 12.7. The summed E-state index contributed by atoms with van der Waals surface area (Å²) in [4.78, 5) is 20.9. The van der Waals surface area contributed by atoms with Crippen molar-refractivity contribution in [3.05, 3.63) is 76.9 Å². The number of pyridine rings is 1. The summed E-state index contributed by atoms with van der Waals surface area (Å²) in [5.74, 6) is 1.99. The summed E-state index contributed by atoms with van der Waals surface area (Å²) in [5.41, 5.74) is 1.57. The number of amides is 2. The van der Waals surface area contributed by atoms with Gasteiger partial charge in [-0.2, -0.15) is 0 Å². The number of hydrogen-bond acceptors (Lipinski definition) is 6. The predicted molar refractivity (Wildman–Crippen MR) is 128 cm³/mol. The van der Waals surface area contributed by atoms with Crippen LogP contribution in [0, 0.1) is 0 Å². The fourth-order valence-electron chi connectivity index (χ4n) is 3.79. The molecule has 9 heteroatoms. The highest BCUT2D eigenvalue weighted by atomic mass is 79.9. The van der Waals surface area contributed by atoms with Crippen molar-refractivity contribution in [2.75, 3.05) is 31.5 Å². The standard InChI is InChI=1S/C24H22BrN5O3/c25-18-5-2-7-20(15-18)32-19-6-1-4-17(14-19)16-29-10-12-30(13-11-29)24(31)27-22-21-8-3-9-26-23(21)33-28-22/h1-9,14-15H,10-13,16H2,(H,27,28,31). The molecule has 1 aliphatic heterocycles. The molecule has 0 aliphatic carbocycles. The Labute approximate surface area is 199 Å². The summed E-state index contributed by atoms with van der Waals surface area (Å²) in [6, 6.07) is 19.3. The van der Waals surface area contributed by atoms with Crippen molar-refractivity contribution >= 4 is 38.9 Å². The number of benzene rings is 2. The Kier molecular flexibility index (Phi) is 6.23. The molecule has 0 radical (unpaired) electrons. The maximum atomic E-state index is 12.7. The number of carbonyl (C=O) groups excluding carboxylic acids is 1. The molecule has 0 bridgehead atoms. The molecule has 0 atom stereocenters. The number of nitrogens with zero attached hydrogens (tertiary/aromatic N) is 4. The molecule has 2 amide bonds. The van der Waals surface area contributed by atoms with Gasteiger partial charge in [0.15, 0.2) is 5.82 Å². The lowest BCUT2D eigenvalue weighted by Gasteiger charge is -2.34. The van der Waals surface area contributed by atoms with E-state index in [9.17, 15) is 4.79 Å². The van der Waals surface area contributed by atoms with Crippen molar-refractivity contribution < 1.29 is 14.1 Å². The predicted octanol–water partition coefficient (Wildman–Crippen LogP) is 5.13. The number of rotatable bonds is 5. The Bertz CT molecular complexity index is 1270. The molecule has 168 valence electrons. The Morgan fingerprint density at radius 1 is 1.03 bits per heavy atom. The number of carbonyl (C=O) groups is 1. The Morgan fingerprint density at radius 2 is 1.82 bits per heavy atom. The van der Waals surface area contributed by atoms with E-state index in [1.165, 1.54) is 5.56 Å². The zero-order valence-electron chi connectivity index (χ0n) is 17.8. The van der Waals surface area contributed by atoms with Crippen molar-refractivity contribution in [1.29, 1.82) is 0 Å². The van der Waals surface area contributed by atoms with Crippen LogP contribution in [0.1, 0.15) is 5.56 Å². The molecule has 3 heterocycles. The van der Waals surface area contributed by atoms with E-state index in [1.807, 2.05) is 42.5 Å². The molecule has 0 unspecified atom stereocenters. The van der Waals surface area contributed by atoms with Crippen molar-refractivity contribution in [3.8, 4) is 11.5 Å². The summed E-state index contributed by atoms with van der Waals surface area (Å²) in [6.45, 7) is 3.63. The first-order valence-electron chi connectivity index (χ1n) is 10.6. The molecule has 33 heavy (non-hydrogen) atoms. The summed E-state index contributed by atoms with van der Waals surface area (Å²) in [7, 11) is 0. The van der Waals surface area contributed by atoms with Crippen LogP contribution in [0.3, 0.4) is 0 Å². The van der Waals surface area contributed by atoms with E-state index in [1.54, 1.807) is 17.2 Å². The molecule has 2 aromatic carbocycles. The van der Waals surface area contributed by atoms with Gasteiger partial charge in [-0.1, -0.05) is 39.3 Å². The highest BCUT2D eigenvalue weighted by molar-refractivity contribution is 9.10. The minimum atomic E-state index is -0.182. The molecule has 5 rings (SSSR count). The first-order valence-corrected chi connectivity index (χ1v) is 11.4. The van der Waals surface area contributed by atoms with Gasteiger partial charge in [0, 0.05) is 43.4 Å². The van der Waals surface area contributed by atoms with Gasteiger partial charge in [0.05, 0.1) is 5.39 Å². The van der Waals surface area contributed by atoms with Gasteiger partial charge in [0.1, 0.15) is 11.5 Å². The summed E-state index contributed by atoms with van der Waals surface area (Å²) in [5, 5.41) is 7.45. The smallest absolute Gasteiger partial charge is 0.323 e. The second-order valence-corrected chi connectivity index (χ2v) is 8.70. The second kappa shape index (κ2) is 9.60. The lowest BCUT2D eigenvalue weighted by atomic mass is 10.2. The molecular weight excluding hydrogens is 486 g/mol. The number of halogens is 1. The van der Waals surface area contributed by atoms with Gasteiger partial charge < -0.3 is 14.2 Å². The average molecular weight is 508 g/mol. The highest BCUT2D eigenvalue weighted by Gasteiger charge is 2.23. The number of urea groups is 1. The number of aromatic nitrogens is 2. The third-order valence-electron chi connectivity index (χ3n) is 5.47. The van der Waals surface area contributed by atoms with Gasteiger partial charge in [-0.25, -0.2) is 9.78 Å². The normalized spacial score (nSPS) is 14.4. The van der Waals surface area contributed by atoms with Crippen LogP contribution >= 0.6 is 15.9 Å². The fourth-order valence-corrected chi connectivity index (χ4v) is 4.17. The zero-order chi connectivity index (χ0) is 22.6. The number of fused-ring (bicyclic) bond motifs is 1. The summed E-state index contributed by atoms with van der Waals surface area (Å²) in [6.07, 6.45) is 1.63. The maximum Gasteiger partial charge on any atom is 0.323 e. The lowest BCUT2D eigenvalue weighted by molar-refractivity contribution is 0.143.